The predicted octanol–water partition coefficient (Wildman–Crippen LogP) is 4.53. The fourth-order valence-electron chi connectivity index (χ4n) is 1.47. The van der Waals surface area contributed by atoms with Crippen molar-refractivity contribution in [2.45, 2.75) is 17.4 Å². The van der Waals surface area contributed by atoms with E-state index in [9.17, 15) is 4.79 Å². The van der Waals surface area contributed by atoms with Crippen LogP contribution in [0.15, 0.2) is 35.2 Å². The Morgan fingerprint density at radius 1 is 1.52 bits per heavy atom. The van der Waals surface area contributed by atoms with Crippen LogP contribution in [0.25, 0.3) is 0 Å². The van der Waals surface area contributed by atoms with Crippen LogP contribution in [0, 0.1) is 0 Å². The number of rotatable bonds is 7. The van der Waals surface area contributed by atoms with Crippen LogP contribution in [-0.2, 0) is 4.79 Å². The van der Waals surface area contributed by atoms with E-state index >= 15 is 0 Å². The molecule has 5 nitrogen and oxygen atoms in total. The summed E-state index contributed by atoms with van der Waals surface area (Å²) in [5.41, 5.74) is 0. The highest BCUT2D eigenvalue weighted by Crippen LogP contribution is 2.29. The molecule has 0 aliphatic rings. The van der Waals surface area contributed by atoms with E-state index in [0.29, 0.717) is 20.9 Å². The number of nitrogens with one attached hydrogen (secondary N) is 1. The Morgan fingerprint density at radius 2 is 2.30 bits per heavy atom. The van der Waals surface area contributed by atoms with Crippen molar-refractivity contribution in [1.82, 2.24) is 10.2 Å². The predicted molar refractivity (Wildman–Crippen MR) is 96.0 cm³/mol. The molecule has 2 aromatic rings. The number of carbonyl (C=O) groups excluding carboxylic acids is 1. The minimum Gasteiger partial charge on any atom is -0.479 e. The quantitative estimate of drug-likeness (QED) is 0.428. The van der Waals surface area contributed by atoms with Crippen LogP contribution in [0.1, 0.15) is 6.92 Å². The Morgan fingerprint density at radius 3 is 3.00 bits per heavy atom. The van der Waals surface area contributed by atoms with Crippen LogP contribution >= 0.6 is 46.3 Å². The maximum Gasteiger partial charge on any atom is 0.266 e. The first-order valence-electron chi connectivity index (χ1n) is 6.49. The molecular weight excluding hydrogens is 377 g/mol. The molecule has 0 radical (unpaired) electrons. The number of anilines is 1. The lowest BCUT2D eigenvalue weighted by atomic mass is 10.3. The van der Waals surface area contributed by atoms with Crippen molar-refractivity contribution in [2.75, 3.05) is 11.1 Å². The number of halogens is 2. The van der Waals surface area contributed by atoms with Crippen molar-refractivity contribution in [3.05, 3.63) is 40.9 Å². The van der Waals surface area contributed by atoms with E-state index in [1.807, 2.05) is 0 Å². The maximum absolute atomic E-state index is 12.1. The largest absolute Gasteiger partial charge is 0.479 e. The van der Waals surface area contributed by atoms with Gasteiger partial charge in [0.2, 0.25) is 5.13 Å². The van der Waals surface area contributed by atoms with E-state index in [1.165, 1.54) is 23.1 Å². The molecule has 0 fully saturated rings. The summed E-state index contributed by atoms with van der Waals surface area (Å²) in [7, 11) is 0. The van der Waals surface area contributed by atoms with Crippen LogP contribution in [0.2, 0.25) is 10.0 Å². The van der Waals surface area contributed by atoms with E-state index < -0.39 is 6.10 Å². The van der Waals surface area contributed by atoms with Crippen molar-refractivity contribution in [2.24, 2.45) is 0 Å². The zero-order valence-electron chi connectivity index (χ0n) is 12.1. The molecule has 1 amide bonds. The molecule has 23 heavy (non-hydrogen) atoms. The topological polar surface area (TPSA) is 64.1 Å². The van der Waals surface area contributed by atoms with Crippen LogP contribution in [-0.4, -0.2) is 28.0 Å². The molecule has 0 saturated carbocycles. The molecule has 122 valence electrons. The number of nitrogens with zero attached hydrogens (tertiary/aromatic N) is 2. The van der Waals surface area contributed by atoms with Gasteiger partial charge in [0, 0.05) is 10.8 Å². The van der Waals surface area contributed by atoms with Gasteiger partial charge in [-0.15, -0.1) is 16.8 Å². The van der Waals surface area contributed by atoms with E-state index in [2.05, 4.69) is 22.1 Å². The minimum absolute atomic E-state index is 0.340. The molecule has 1 N–H and O–H groups in total. The second-order valence-electron chi connectivity index (χ2n) is 4.30. The third kappa shape index (κ3) is 5.39. The fraction of sp³-hybridized carbons (Fsp3) is 0.214. The standard InChI is InChI=1S/C14H13Cl2N3O2S2/c1-3-6-22-14-19-18-13(23-14)17-12(20)8(2)21-11-5-4-9(15)7-10(11)16/h3-5,7-8H,1,6H2,2H3,(H,17,18,20)/t8-/m1/s1. The van der Waals surface area contributed by atoms with E-state index in [4.69, 9.17) is 27.9 Å². The maximum atomic E-state index is 12.1. The van der Waals surface area contributed by atoms with Gasteiger partial charge in [0.1, 0.15) is 5.75 Å². The highest BCUT2D eigenvalue weighted by molar-refractivity contribution is 8.01. The molecule has 2 rings (SSSR count). The van der Waals surface area contributed by atoms with Crippen LogP contribution in [0.5, 0.6) is 5.75 Å². The van der Waals surface area contributed by atoms with Crippen molar-refractivity contribution in [3.8, 4) is 5.75 Å². The summed E-state index contributed by atoms with van der Waals surface area (Å²) < 4.78 is 6.30. The lowest BCUT2D eigenvalue weighted by Crippen LogP contribution is -2.30. The second kappa shape index (κ2) is 8.54. The molecule has 0 bridgehead atoms. The number of aromatic nitrogens is 2. The van der Waals surface area contributed by atoms with Gasteiger partial charge in [-0.1, -0.05) is 52.4 Å². The summed E-state index contributed by atoms with van der Waals surface area (Å²) in [5.74, 6) is 0.780. The van der Waals surface area contributed by atoms with Crippen LogP contribution in [0.4, 0.5) is 5.13 Å². The van der Waals surface area contributed by atoms with Gasteiger partial charge in [-0.2, -0.15) is 0 Å². The average molecular weight is 390 g/mol. The molecule has 9 heteroatoms. The highest BCUT2D eigenvalue weighted by Gasteiger charge is 2.18. The average Bonchev–Trinajstić information content (AvgIpc) is 2.95. The molecule has 1 atom stereocenters. The third-order valence-electron chi connectivity index (χ3n) is 2.53. The van der Waals surface area contributed by atoms with Gasteiger partial charge in [-0.05, 0) is 25.1 Å². The van der Waals surface area contributed by atoms with E-state index in [0.717, 1.165) is 10.1 Å². The van der Waals surface area contributed by atoms with E-state index in [-0.39, 0.29) is 5.91 Å². The van der Waals surface area contributed by atoms with Gasteiger partial charge in [-0.25, -0.2) is 0 Å². The lowest BCUT2D eigenvalue weighted by Gasteiger charge is -2.14. The Balaban J connectivity index is 1.94. The fourth-order valence-corrected chi connectivity index (χ4v) is 3.44. The van der Waals surface area contributed by atoms with Crippen molar-refractivity contribution >= 4 is 57.3 Å². The van der Waals surface area contributed by atoms with Gasteiger partial charge in [-0.3, -0.25) is 10.1 Å². The van der Waals surface area contributed by atoms with Crippen LogP contribution in [0.3, 0.4) is 0 Å². The summed E-state index contributed by atoms with van der Waals surface area (Å²) in [6.45, 7) is 5.26. The molecule has 1 heterocycles. The number of thioether (sulfide) groups is 1. The zero-order chi connectivity index (χ0) is 16.8. The Kier molecular flexibility index (Phi) is 6.71. The summed E-state index contributed by atoms with van der Waals surface area (Å²) in [6, 6.07) is 4.81. The molecule has 1 aromatic heterocycles. The van der Waals surface area contributed by atoms with Gasteiger partial charge < -0.3 is 4.74 Å². The summed E-state index contributed by atoms with van der Waals surface area (Å²) in [4.78, 5) is 12.1. The normalized spacial score (nSPS) is 11.8. The number of benzene rings is 1. The first-order chi connectivity index (χ1) is 11.0. The first kappa shape index (κ1) is 18.1. The summed E-state index contributed by atoms with van der Waals surface area (Å²) in [5, 5.41) is 11.8. The number of hydrogen-bond donors (Lipinski definition) is 1. The number of hydrogen-bond acceptors (Lipinski definition) is 6. The third-order valence-corrected chi connectivity index (χ3v) is 5.03. The number of ether oxygens (including phenoxy) is 1. The SMILES string of the molecule is C=CCSc1nnc(NC(=O)[C@@H](C)Oc2ccc(Cl)cc2Cl)s1. The summed E-state index contributed by atoms with van der Waals surface area (Å²) in [6.07, 6.45) is 1.03. The smallest absolute Gasteiger partial charge is 0.266 e. The van der Waals surface area contributed by atoms with Crippen molar-refractivity contribution in [3.63, 3.8) is 0 Å². The van der Waals surface area contributed by atoms with Crippen LogP contribution < -0.4 is 10.1 Å². The van der Waals surface area contributed by atoms with Gasteiger partial charge >= 0.3 is 0 Å². The molecular formula is C14H13Cl2N3O2S2. The van der Waals surface area contributed by atoms with Gasteiger partial charge in [0.25, 0.3) is 5.91 Å². The molecule has 0 unspecified atom stereocenters. The van der Waals surface area contributed by atoms with Gasteiger partial charge in [0.05, 0.1) is 5.02 Å². The highest BCUT2D eigenvalue weighted by atomic mass is 35.5. The zero-order valence-corrected chi connectivity index (χ0v) is 15.2. The number of carbonyl (C=O) groups is 1. The Bertz CT molecular complexity index is 709. The minimum atomic E-state index is -0.748. The van der Waals surface area contributed by atoms with E-state index in [1.54, 1.807) is 31.2 Å². The second-order valence-corrected chi connectivity index (χ2v) is 7.39. The van der Waals surface area contributed by atoms with Gasteiger partial charge in [0.15, 0.2) is 10.4 Å². The summed E-state index contributed by atoms with van der Waals surface area (Å²) >= 11 is 14.6. The molecule has 0 aliphatic carbocycles. The van der Waals surface area contributed by atoms with Crippen molar-refractivity contribution in [1.29, 1.82) is 0 Å². The molecule has 0 saturated heterocycles. The number of amides is 1. The molecule has 0 aliphatic heterocycles. The molecule has 1 aromatic carbocycles. The lowest BCUT2D eigenvalue weighted by molar-refractivity contribution is -0.122. The Labute approximate surface area is 152 Å². The monoisotopic (exact) mass is 389 g/mol. The molecule has 0 spiro atoms. The Hall–Kier alpha value is -1.28. The van der Waals surface area contributed by atoms with Crippen molar-refractivity contribution < 1.29 is 9.53 Å². The first-order valence-corrected chi connectivity index (χ1v) is 9.05.